The van der Waals surface area contributed by atoms with E-state index in [-0.39, 0.29) is 18.1 Å². The molecule has 0 aromatic carbocycles. The van der Waals surface area contributed by atoms with Crippen LogP contribution in [0.15, 0.2) is 24.5 Å². The molecular weight excluding hydrogens is 192 g/mol. The summed E-state index contributed by atoms with van der Waals surface area (Å²) >= 11 is 0. The molecule has 15 heavy (non-hydrogen) atoms. The van der Waals surface area contributed by atoms with Crippen LogP contribution in [0.4, 0.5) is 5.69 Å². The first-order valence-electron chi connectivity index (χ1n) is 5.12. The third kappa shape index (κ3) is 2.53. The molecule has 1 aliphatic heterocycles. The molecular formula is C11H14N2O2. The highest BCUT2D eigenvalue weighted by molar-refractivity contribution is 5.94. The Morgan fingerprint density at radius 3 is 3.07 bits per heavy atom. The Labute approximate surface area is 88.7 Å². The van der Waals surface area contributed by atoms with E-state index in [1.807, 2.05) is 13.0 Å². The number of carbonyl (C=O) groups excluding carboxylic acids is 1. The Kier molecular flexibility index (Phi) is 2.97. The Balaban J connectivity index is 1.93. The first-order valence-corrected chi connectivity index (χ1v) is 5.12. The van der Waals surface area contributed by atoms with Gasteiger partial charge in [0.2, 0.25) is 0 Å². The molecule has 0 bridgehead atoms. The van der Waals surface area contributed by atoms with E-state index in [4.69, 9.17) is 4.74 Å². The Morgan fingerprint density at radius 1 is 1.60 bits per heavy atom. The van der Waals surface area contributed by atoms with Crippen LogP contribution >= 0.6 is 0 Å². The number of ether oxygens (including phenoxy) is 1. The highest BCUT2D eigenvalue weighted by atomic mass is 16.5. The first kappa shape index (κ1) is 10.1. The zero-order chi connectivity index (χ0) is 10.7. The predicted molar refractivity (Wildman–Crippen MR) is 56.4 cm³/mol. The Bertz CT molecular complexity index is 340. The van der Waals surface area contributed by atoms with Crippen LogP contribution in [0.5, 0.6) is 0 Å². The van der Waals surface area contributed by atoms with Crippen LogP contribution in [0.1, 0.15) is 19.8 Å². The molecule has 1 amide bonds. The van der Waals surface area contributed by atoms with E-state index in [0.29, 0.717) is 5.69 Å². The third-order valence-electron chi connectivity index (χ3n) is 2.45. The van der Waals surface area contributed by atoms with E-state index in [1.54, 1.807) is 18.5 Å². The number of nitrogens with one attached hydrogen (secondary N) is 1. The monoisotopic (exact) mass is 206 g/mol. The number of aromatic nitrogens is 1. The highest BCUT2D eigenvalue weighted by Gasteiger charge is 2.27. The van der Waals surface area contributed by atoms with E-state index in [2.05, 4.69) is 10.3 Å². The maximum atomic E-state index is 11.7. The fourth-order valence-electron chi connectivity index (χ4n) is 1.65. The lowest BCUT2D eigenvalue weighted by Gasteiger charge is -2.11. The van der Waals surface area contributed by atoms with Gasteiger partial charge in [0.15, 0.2) is 0 Å². The summed E-state index contributed by atoms with van der Waals surface area (Å²) in [5, 5.41) is 2.78. The van der Waals surface area contributed by atoms with Gasteiger partial charge in [0, 0.05) is 6.20 Å². The van der Waals surface area contributed by atoms with Gasteiger partial charge in [0.05, 0.1) is 18.0 Å². The topological polar surface area (TPSA) is 51.2 Å². The van der Waals surface area contributed by atoms with E-state index in [1.165, 1.54) is 0 Å². The van der Waals surface area contributed by atoms with E-state index in [9.17, 15) is 4.79 Å². The summed E-state index contributed by atoms with van der Waals surface area (Å²) in [6.07, 6.45) is 4.92. The molecule has 4 heteroatoms. The number of anilines is 1. The summed E-state index contributed by atoms with van der Waals surface area (Å²) in [6, 6.07) is 3.59. The van der Waals surface area contributed by atoms with Gasteiger partial charge in [-0.25, -0.2) is 0 Å². The first-order chi connectivity index (χ1) is 7.25. The van der Waals surface area contributed by atoms with Crippen LogP contribution in [0.25, 0.3) is 0 Å². The molecule has 0 radical (unpaired) electrons. The van der Waals surface area contributed by atoms with Crippen LogP contribution in [0.2, 0.25) is 0 Å². The van der Waals surface area contributed by atoms with Crippen LogP contribution in [0, 0.1) is 0 Å². The van der Waals surface area contributed by atoms with Gasteiger partial charge in [-0.3, -0.25) is 9.78 Å². The Morgan fingerprint density at radius 2 is 2.47 bits per heavy atom. The molecule has 0 aliphatic carbocycles. The van der Waals surface area contributed by atoms with Gasteiger partial charge >= 0.3 is 0 Å². The fraction of sp³-hybridized carbons (Fsp3) is 0.455. The standard InChI is InChI=1S/C11H14N2O2/c1-8-4-5-10(15-8)11(14)13-9-3-2-6-12-7-9/h2-3,6-8,10H,4-5H2,1H3,(H,13,14). The predicted octanol–water partition coefficient (Wildman–Crippen LogP) is 1.59. The molecule has 80 valence electrons. The van der Waals surface area contributed by atoms with Crippen molar-refractivity contribution in [1.82, 2.24) is 4.98 Å². The minimum absolute atomic E-state index is 0.0765. The SMILES string of the molecule is CC1CCC(C(=O)Nc2cccnc2)O1. The smallest absolute Gasteiger partial charge is 0.253 e. The summed E-state index contributed by atoms with van der Waals surface area (Å²) in [5.74, 6) is -0.0765. The minimum Gasteiger partial charge on any atom is -0.365 e. The van der Waals surface area contributed by atoms with Crippen molar-refractivity contribution in [3.63, 3.8) is 0 Å². The van der Waals surface area contributed by atoms with Gasteiger partial charge in [-0.05, 0) is 31.9 Å². The van der Waals surface area contributed by atoms with Crippen molar-refractivity contribution < 1.29 is 9.53 Å². The van der Waals surface area contributed by atoms with Crippen molar-refractivity contribution in [2.24, 2.45) is 0 Å². The van der Waals surface area contributed by atoms with Gasteiger partial charge in [0.25, 0.3) is 5.91 Å². The zero-order valence-corrected chi connectivity index (χ0v) is 8.64. The van der Waals surface area contributed by atoms with Gasteiger partial charge in [-0.1, -0.05) is 0 Å². The average Bonchev–Trinajstić information content (AvgIpc) is 2.66. The summed E-state index contributed by atoms with van der Waals surface area (Å²) in [6.45, 7) is 1.98. The highest BCUT2D eigenvalue weighted by Crippen LogP contribution is 2.20. The average molecular weight is 206 g/mol. The van der Waals surface area contributed by atoms with Crippen LogP contribution in [0.3, 0.4) is 0 Å². The number of hydrogen-bond donors (Lipinski definition) is 1. The maximum Gasteiger partial charge on any atom is 0.253 e. The van der Waals surface area contributed by atoms with Crippen LogP contribution < -0.4 is 5.32 Å². The van der Waals surface area contributed by atoms with Crippen molar-refractivity contribution in [3.8, 4) is 0 Å². The molecule has 2 unspecified atom stereocenters. The lowest BCUT2D eigenvalue weighted by Crippen LogP contribution is -2.27. The molecule has 1 saturated heterocycles. The minimum atomic E-state index is -0.305. The van der Waals surface area contributed by atoms with Gasteiger partial charge in [-0.15, -0.1) is 0 Å². The van der Waals surface area contributed by atoms with Crippen molar-refractivity contribution in [2.75, 3.05) is 5.32 Å². The number of nitrogens with zero attached hydrogens (tertiary/aromatic N) is 1. The molecule has 2 heterocycles. The second kappa shape index (κ2) is 4.40. The lowest BCUT2D eigenvalue weighted by molar-refractivity contribution is -0.126. The Hall–Kier alpha value is -1.42. The molecule has 1 fully saturated rings. The molecule has 1 N–H and O–H groups in total. The van der Waals surface area contributed by atoms with Crippen LogP contribution in [-0.2, 0) is 9.53 Å². The molecule has 1 aromatic heterocycles. The van der Waals surface area contributed by atoms with E-state index >= 15 is 0 Å². The van der Waals surface area contributed by atoms with E-state index < -0.39 is 0 Å². The number of hydrogen-bond acceptors (Lipinski definition) is 3. The number of carbonyl (C=O) groups is 1. The molecule has 1 aliphatic rings. The van der Waals surface area contributed by atoms with Crippen molar-refractivity contribution in [1.29, 1.82) is 0 Å². The third-order valence-corrected chi connectivity index (χ3v) is 2.45. The zero-order valence-electron chi connectivity index (χ0n) is 8.64. The van der Waals surface area contributed by atoms with Crippen molar-refractivity contribution in [3.05, 3.63) is 24.5 Å². The van der Waals surface area contributed by atoms with E-state index in [0.717, 1.165) is 12.8 Å². The maximum absolute atomic E-state index is 11.7. The van der Waals surface area contributed by atoms with Crippen molar-refractivity contribution in [2.45, 2.75) is 32.0 Å². The number of pyridine rings is 1. The van der Waals surface area contributed by atoms with Gasteiger partial charge in [-0.2, -0.15) is 0 Å². The molecule has 0 saturated carbocycles. The molecule has 1 aromatic rings. The van der Waals surface area contributed by atoms with Crippen molar-refractivity contribution >= 4 is 11.6 Å². The summed E-state index contributed by atoms with van der Waals surface area (Å²) in [4.78, 5) is 15.6. The lowest BCUT2D eigenvalue weighted by atomic mass is 10.2. The van der Waals surface area contributed by atoms with Gasteiger partial charge < -0.3 is 10.1 Å². The summed E-state index contributed by atoms with van der Waals surface area (Å²) in [7, 11) is 0. The summed E-state index contributed by atoms with van der Waals surface area (Å²) < 4.78 is 5.46. The number of amides is 1. The molecule has 0 spiro atoms. The fourth-order valence-corrected chi connectivity index (χ4v) is 1.65. The summed E-state index contributed by atoms with van der Waals surface area (Å²) in [5.41, 5.74) is 0.714. The van der Waals surface area contributed by atoms with Gasteiger partial charge in [0.1, 0.15) is 6.10 Å². The molecule has 2 rings (SSSR count). The quantitative estimate of drug-likeness (QED) is 0.799. The molecule has 4 nitrogen and oxygen atoms in total. The normalized spacial score (nSPS) is 25.1. The number of rotatable bonds is 2. The largest absolute Gasteiger partial charge is 0.365 e. The van der Waals surface area contributed by atoms with Crippen LogP contribution in [-0.4, -0.2) is 23.1 Å². The second-order valence-electron chi connectivity index (χ2n) is 3.74. The molecule has 2 atom stereocenters. The second-order valence-corrected chi connectivity index (χ2v) is 3.74.